The number of hydrogen-bond donors (Lipinski definition) is 5. The fourth-order valence-electron chi connectivity index (χ4n) is 8.49. The summed E-state index contributed by atoms with van der Waals surface area (Å²) in [6.07, 6.45) is 3.44. The maximum absolute atomic E-state index is 15.8. The first-order valence-corrected chi connectivity index (χ1v) is 22.2. The topological polar surface area (TPSA) is 180 Å². The molecule has 5 N–H and O–H groups in total. The number of hydrazine groups is 1. The van der Waals surface area contributed by atoms with E-state index in [0.717, 1.165) is 33.5 Å². The number of carbonyl (C=O) groups excluding carboxylic acids is 3. The highest BCUT2D eigenvalue weighted by molar-refractivity contribution is 5.97. The Bertz CT molecular complexity index is 2350. The van der Waals surface area contributed by atoms with Gasteiger partial charge in [-0.1, -0.05) is 120 Å². The van der Waals surface area contributed by atoms with E-state index in [1.165, 1.54) is 0 Å². The second-order valence-corrected chi connectivity index (χ2v) is 18.0. The number of para-hydroxylation sites is 1. The lowest BCUT2D eigenvalue weighted by Gasteiger charge is -2.42. The van der Waals surface area contributed by atoms with Gasteiger partial charge in [-0.3, -0.25) is 25.0 Å². The number of hydrogen-bond acceptors (Lipinski definition) is 8. The Kier molecular flexibility index (Phi) is 16.1. The molecule has 342 valence electrons. The first kappa shape index (κ1) is 47.8. The molecule has 0 bridgehead atoms. The number of aromatic nitrogens is 2. The van der Waals surface area contributed by atoms with Gasteiger partial charge in [0.2, 0.25) is 5.91 Å². The minimum absolute atomic E-state index is 0.126. The Labute approximate surface area is 382 Å². The predicted octanol–water partition coefficient (Wildman–Crippen LogP) is 7.23. The van der Waals surface area contributed by atoms with Gasteiger partial charge in [-0.05, 0) is 77.3 Å². The zero-order valence-corrected chi connectivity index (χ0v) is 38.1. The fourth-order valence-corrected chi connectivity index (χ4v) is 8.49. The van der Waals surface area contributed by atoms with E-state index in [1.807, 2.05) is 130 Å². The zero-order valence-electron chi connectivity index (χ0n) is 38.1. The normalized spacial score (nSPS) is 16.2. The minimum Gasteiger partial charge on any atom is -0.465 e. The molecular formula is C51H62N8O6. The first-order chi connectivity index (χ1) is 31.1. The van der Waals surface area contributed by atoms with Gasteiger partial charge >= 0.3 is 12.1 Å². The maximum atomic E-state index is 15.8. The van der Waals surface area contributed by atoms with Gasteiger partial charge in [0.1, 0.15) is 6.04 Å². The molecule has 1 aliphatic heterocycles. The Hall–Kier alpha value is -6.64. The van der Waals surface area contributed by atoms with E-state index in [2.05, 4.69) is 26.0 Å². The van der Waals surface area contributed by atoms with Crippen molar-refractivity contribution < 1.29 is 29.4 Å². The summed E-state index contributed by atoms with van der Waals surface area (Å²) in [5.74, 6) is -1.73. The summed E-state index contributed by atoms with van der Waals surface area (Å²) in [6.45, 7) is 11.8. The number of carboxylic acid groups (broad SMARTS) is 1. The van der Waals surface area contributed by atoms with Crippen LogP contribution in [0.25, 0.3) is 11.3 Å². The monoisotopic (exact) mass is 882 g/mol. The SMILES string of the molecule is CCC(C)C(C(=O)N(c1ccccc1)C(Cc1ccccc1)C(O)CN(Cc1ccc(-c2ccccn2)cc1)NC(=O)C(NC(=O)O)C(C)(C)C)C1CNC(=O)N1Cc1cnccc1C. The molecule has 6 rings (SSSR count). The van der Waals surface area contributed by atoms with E-state index in [4.69, 9.17) is 0 Å². The van der Waals surface area contributed by atoms with Gasteiger partial charge in [0.05, 0.1) is 29.8 Å². The lowest BCUT2D eigenvalue weighted by Crippen LogP contribution is -2.60. The average molecular weight is 883 g/mol. The molecule has 1 fully saturated rings. The maximum Gasteiger partial charge on any atom is 0.405 e. The van der Waals surface area contributed by atoms with E-state index < -0.39 is 47.6 Å². The second-order valence-electron chi connectivity index (χ2n) is 18.0. The Morgan fingerprint density at radius 1 is 0.908 bits per heavy atom. The van der Waals surface area contributed by atoms with E-state index in [-0.39, 0.29) is 50.5 Å². The fraction of sp³-hybridized carbons (Fsp3) is 0.373. The minimum atomic E-state index is -1.35. The lowest BCUT2D eigenvalue weighted by atomic mass is 9.82. The molecule has 3 aromatic carbocycles. The molecule has 65 heavy (non-hydrogen) atoms. The van der Waals surface area contributed by atoms with Crippen molar-refractivity contribution in [2.45, 2.75) is 91.7 Å². The standard InChI is InChI=1S/C51H62N8O6/c1-7-34(2)45(43-30-54-49(63)58(43)32-39-29-52-27-25-35(39)3)48(62)59(40-18-12-9-13-19-40)42(28-36-16-10-8-11-17-36)44(60)33-57(56-47(61)46(51(4,5)6)55-50(64)65)31-37-21-23-38(24-22-37)41-20-14-15-26-53-41/h8-27,29,34,42-46,55,60H,7,28,30-33H2,1-6H3,(H,54,63)(H,56,61)(H,64,65). The number of benzene rings is 3. The van der Waals surface area contributed by atoms with Gasteiger partial charge in [0, 0.05) is 56.0 Å². The molecule has 3 heterocycles. The van der Waals surface area contributed by atoms with Crippen LogP contribution in [0, 0.1) is 24.2 Å². The van der Waals surface area contributed by atoms with Crippen molar-refractivity contribution >= 4 is 29.6 Å². The highest BCUT2D eigenvalue weighted by Gasteiger charge is 2.46. The van der Waals surface area contributed by atoms with Gasteiger partial charge < -0.3 is 30.6 Å². The van der Waals surface area contributed by atoms with Crippen molar-refractivity contribution in [2.24, 2.45) is 17.3 Å². The molecule has 6 unspecified atom stereocenters. The number of amides is 5. The summed E-state index contributed by atoms with van der Waals surface area (Å²) >= 11 is 0. The molecule has 0 radical (unpaired) electrons. The van der Waals surface area contributed by atoms with Crippen molar-refractivity contribution in [1.82, 2.24) is 35.9 Å². The largest absolute Gasteiger partial charge is 0.465 e. The number of pyridine rings is 2. The smallest absolute Gasteiger partial charge is 0.405 e. The summed E-state index contributed by atoms with van der Waals surface area (Å²) in [6, 6.07) is 31.3. The molecular weight excluding hydrogens is 821 g/mol. The van der Waals surface area contributed by atoms with Crippen LogP contribution in [0.2, 0.25) is 0 Å². The Balaban J connectivity index is 1.41. The first-order valence-electron chi connectivity index (χ1n) is 22.2. The van der Waals surface area contributed by atoms with E-state index in [0.29, 0.717) is 12.1 Å². The second kappa shape index (κ2) is 21.8. The van der Waals surface area contributed by atoms with Crippen LogP contribution in [-0.2, 0) is 29.1 Å². The van der Waals surface area contributed by atoms with Crippen LogP contribution in [0.3, 0.4) is 0 Å². The molecule has 1 aliphatic rings. The molecule has 2 aromatic heterocycles. The van der Waals surface area contributed by atoms with E-state index in [1.54, 1.807) is 54.2 Å². The zero-order chi connectivity index (χ0) is 46.7. The van der Waals surface area contributed by atoms with Crippen molar-refractivity contribution in [1.29, 1.82) is 0 Å². The number of nitrogens with one attached hydrogen (secondary N) is 3. The van der Waals surface area contributed by atoms with E-state index >= 15 is 4.79 Å². The molecule has 14 heteroatoms. The van der Waals surface area contributed by atoms with Crippen LogP contribution in [-0.4, -0.2) is 91.3 Å². The van der Waals surface area contributed by atoms with Gasteiger partial charge in [-0.25, -0.2) is 14.6 Å². The van der Waals surface area contributed by atoms with Crippen molar-refractivity contribution in [2.75, 3.05) is 18.0 Å². The number of anilines is 1. The number of carbonyl (C=O) groups is 4. The molecule has 14 nitrogen and oxygen atoms in total. The Morgan fingerprint density at radius 3 is 2.20 bits per heavy atom. The molecule has 0 aliphatic carbocycles. The van der Waals surface area contributed by atoms with Crippen LogP contribution < -0.4 is 21.0 Å². The molecule has 5 amide bonds. The number of aliphatic hydroxyl groups is 1. The van der Waals surface area contributed by atoms with Crippen LogP contribution in [0.15, 0.2) is 128 Å². The third kappa shape index (κ3) is 12.3. The lowest BCUT2D eigenvalue weighted by molar-refractivity contribution is -0.132. The summed E-state index contributed by atoms with van der Waals surface area (Å²) in [5.41, 5.74) is 7.93. The number of urea groups is 1. The molecule has 6 atom stereocenters. The van der Waals surface area contributed by atoms with Gasteiger partial charge in [0.25, 0.3) is 5.91 Å². The summed E-state index contributed by atoms with van der Waals surface area (Å²) in [4.78, 5) is 67.8. The third-order valence-electron chi connectivity index (χ3n) is 12.3. The van der Waals surface area contributed by atoms with Crippen LogP contribution in [0.5, 0.6) is 0 Å². The van der Waals surface area contributed by atoms with Crippen molar-refractivity contribution in [3.63, 3.8) is 0 Å². The summed E-state index contributed by atoms with van der Waals surface area (Å²) in [5, 5.41) is 29.5. The van der Waals surface area contributed by atoms with Gasteiger partial charge in [0.15, 0.2) is 0 Å². The summed E-state index contributed by atoms with van der Waals surface area (Å²) in [7, 11) is 0. The van der Waals surface area contributed by atoms with Gasteiger partial charge in [-0.15, -0.1) is 0 Å². The predicted molar refractivity (Wildman–Crippen MR) is 251 cm³/mol. The summed E-state index contributed by atoms with van der Waals surface area (Å²) < 4.78 is 0. The molecule has 0 spiro atoms. The van der Waals surface area contributed by atoms with Crippen molar-refractivity contribution in [3.05, 3.63) is 150 Å². The van der Waals surface area contributed by atoms with Crippen LogP contribution >= 0.6 is 0 Å². The number of rotatable bonds is 19. The Morgan fingerprint density at radius 2 is 1.58 bits per heavy atom. The van der Waals surface area contributed by atoms with E-state index in [9.17, 15) is 24.6 Å². The van der Waals surface area contributed by atoms with Crippen LogP contribution in [0.4, 0.5) is 15.3 Å². The van der Waals surface area contributed by atoms with Gasteiger partial charge in [-0.2, -0.15) is 0 Å². The third-order valence-corrected chi connectivity index (χ3v) is 12.3. The highest BCUT2D eigenvalue weighted by Crippen LogP contribution is 2.33. The number of aliphatic hydroxyl groups excluding tert-OH is 1. The number of aryl methyl sites for hydroxylation is 1. The van der Waals surface area contributed by atoms with Crippen LogP contribution in [0.1, 0.15) is 63.3 Å². The average Bonchev–Trinajstić information content (AvgIpc) is 3.64. The molecule has 5 aromatic rings. The quantitative estimate of drug-likeness (QED) is 0.0535. The number of nitrogens with zero attached hydrogens (tertiary/aromatic N) is 5. The molecule has 0 saturated carbocycles. The highest BCUT2D eigenvalue weighted by atomic mass is 16.4. The molecule has 1 saturated heterocycles. The van der Waals surface area contributed by atoms with Crippen molar-refractivity contribution in [3.8, 4) is 11.3 Å².